The van der Waals surface area contributed by atoms with Gasteiger partial charge in [0.2, 0.25) is 5.13 Å². The molecule has 0 radical (unpaired) electrons. The predicted molar refractivity (Wildman–Crippen MR) is 90.3 cm³/mol. The normalized spacial score (nSPS) is 18.8. The number of β-amino-alcohol motifs (C(OH)–C–C–N with tert-alkyl or cyclic N) is 1. The molecule has 1 atom stereocenters. The first-order chi connectivity index (χ1) is 10.2. The van der Waals surface area contributed by atoms with Crippen LogP contribution in [0.25, 0.3) is 0 Å². The Kier molecular flexibility index (Phi) is 7.22. The number of aliphatic hydroxyl groups is 1. The summed E-state index contributed by atoms with van der Waals surface area (Å²) in [6, 6.07) is 0. The van der Waals surface area contributed by atoms with Crippen LogP contribution in [0.1, 0.15) is 33.1 Å². The van der Waals surface area contributed by atoms with E-state index in [-0.39, 0.29) is 6.10 Å². The third-order valence-corrected chi connectivity index (χ3v) is 5.84. The summed E-state index contributed by atoms with van der Waals surface area (Å²) >= 11 is 3.17. The van der Waals surface area contributed by atoms with E-state index in [4.69, 9.17) is 0 Å². The van der Waals surface area contributed by atoms with Crippen molar-refractivity contribution >= 4 is 28.2 Å². The zero-order valence-corrected chi connectivity index (χ0v) is 14.5. The molecular weight excluding hydrogens is 304 g/mol. The minimum absolute atomic E-state index is 0.292. The first kappa shape index (κ1) is 17.0. The summed E-state index contributed by atoms with van der Waals surface area (Å²) in [6.45, 7) is 8.37. The van der Waals surface area contributed by atoms with Crippen LogP contribution in [-0.4, -0.2) is 58.2 Å². The highest BCUT2D eigenvalue weighted by Gasteiger charge is 2.18. The number of anilines is 1. The fraction of sp³-hybridized carbons (Fsp3) is 0.857. The SMILES string of the molecule is CCCNc1nnc(SCC(O)CN2CCC(C)CC2)s1. The molecule has 0 aromatic carbocycles. The largest absolute Gasteiger partial charge is 0.391 e. The standard InChI is InChI=1S/C14H26N4OS2/c1-3-6-15-13-16-17-14(21-13)20-10-12(19)9-18-7-4-11(2)5-8-18/h11-12,19H,3-10H2,1-2H3,(H,15,16). The Bertz CT molecular complexity index is 407. The molecule has 0 bridgehead atoms. The zero-order chi connectivity index (χ0) is 15.1. The van der Waals surface area contributed by atoms with Crippen molar-refractivity contribution in [3.63, 3.8) is 0 Å². The highest BCUT2D eigenvalue weighted by Crippen LogP contribution is 2.26. The van der Waals surface area contributed by atoms with Crippen LogP contribution in [0.5, 0.6) is 0 Å². The van der Waals surface area contributed by atoms with Crippen molar-refractivity contribution in [2.75, 3.05) is 37.2 Å². The summed E-state index contributed by atoms with van der Waals surface area (Å²) in [4.78, 5) is 2.37. The van der Waals surface area contributed by atoms with Crippen molar-refractivity contribution in [2.24, 2.45) is 5.92 Å². The van der Waals surface area contributed by atoms with Gasteiger partial charge in [0.15, 0.2) is 4.34 Å². The summed E-state index contributed by atoms with van der Waals surface area (Å²) in [5.41, 5.74) is 0. The summed E-state index contributed by atoms with van der Waals surface area (Å²) < 4.78 is 0.930. The zero-order valence-electron chi connectivity index (χ0n) is 12.9. The van der Waals surface area contributed by atoms with Gasteiger partial charge in [-0.25, -0.2) is 0 Å². The van der Waals surface area contributed by atoms with Gasteiger partial charge in [0.1, 0.15) is 0 Å². The number of aliphatic hydroxyl groups excluding tert-OH is 1. The number of nitrogens with zero attached hydrogens (tertiary/aromatic N) is 3. The van der Waals surface area contributed by atoms with E-state index in [1.807, 2.05) is 0 Å². The van der Waals surface area contributed by atoms with Crippen molar-refractivity contribution in [1.82, 2.24) is 15.1 Å². The fourth-order valence-corrected chi connectivity index (χ4v) is 4.05. The number of aromatic nitrogens is 2. The number of piperidine rings is 1. The molecule has 1 saturated heterocycles. The Hall–Kier alpha value is -0.370. The van der Waals surface area contributed by atoms with Crippen LogP contribution in [0.15, 0.2) is 4.34 Å². The van der Waals surface area contributed by atoms with E-state index < -0.39 is 0 Å². The lowest BCUT2D eigenvalue weighted by atomic mass is 9.99. The van der Waals surface area contributed by atoms with E-state index >= 15 is 0 Å². The van der Waals surface area contributed by atoms with Crippen molar-refractivity contribution < 1.29 is 5.11 Å². The molecule has 0 aliphatic carbocycles. The quantitative estimate of drug-likeness (QED) is 0.714. The van der Waals surface area contributed by atoms with E-state index in [2.05, 4.69) is 34.3 Å². The molecule has 2 rings (SSSR count). The molecule has 1 aliphatic heterocycles. The lowest BCUT2D eigenvalue weighted by molar-refractivity contribution is 0.105. The van der Waals surface area contributed by atoms with Crippen LogP contribution in [0.4, 0.5) is 5.13 Å². The highest BCUT2D eigenvalue weighted by molar-refractivity contribution is 8.01. The Morgan fingerprint density at radius 2 is 2.19 bits per heavy atom. The van der Waals surface area contributed by atoms with E-state index in [0.29, 0.717) is 5.75 Å². The molecule has 2 heterocycles. The molecule has 21 heavy (non-hydrogen) atoms. The molecule has 1 unspecified atom stereocenters. The van der Waals surface area contributed by atoms with Gasteiger partial charge in [0.05, 0.1) is 6.10 Å². The highest BCUT2D eigenvalue weighted by atomic mass is 32.2. The summed E-state index contributed by atoms with van der Waals surface area (Å²) in [6.07, 6.45) is 3.29. The third kappa shape index (κ3) is 6.10. The smallest absolute Gasteiger partial charge is 0.206 e. The number of hydrogen-bond acceptors (Lipinski definition) is 7. The Morgan fingerprint density at radius 1 is 1.43 bits per heavy atom. The molecule has 7 heteroatoms. The van der Waals surface area contributed by atoms with Gasteiger partial charge in [-0.2, -0.15) is 0 Å². The predicted octanol–water partition coefficient (Wildman–Crippen LogP) is 2.54. The number of likely N-dealkylation sites (tertiary alicyclic amines) is 1. The van der Waals surface area contributed by atoms with E-state index in [9.17, 15) is 5.11 Å². The van der Waals surface area contributed by atoms with Crippen LogP contribution >= 0.6 is 23.1 Å². The average molecular weight is 331 g/mol. The maximum Gasteiger partial charge on any atom is 0.206 e. The minimum atomic E-state index is -0.292. The lowest BCUT2D eigenvalue weighted by Gasteiger charge is -2.31. The fourth-order valence-electron chi connectivity index (χ4n) is 2.33. The van der Waals surface area contributed by atoms with E-state index in [0.717, 1.165) is 48.0 Å². The maximum absolute atomic E-state index is 10.2. The average Bonchev–Trinajstić information content (AvgIpc) is 2.93. The van der Waals surface area contributed by atoms with Gasteiger partial charge in [-0.05, 0) is 38.3 Å². The third-order valence-electron chi connectivity index (χ3n) is 3.68. The molecule has 0 saturated carbocycles. The molecule has 1 aliphatic rings. The van der Waals surface area contributed by atoms with E-state index in [1.165, 1.54) is 12.8 Å². The first-order valence-electron chi connectivity index (χ1n) is 7.78. The Balaban J connectivity index is 1.66. The Labute approximate surface area is 135 Å². The minimum Gasteiger partial charge on any atom is -0.391 e. The van der Waals surface area contributed by atoms with Crippen LogP contribution in [0.3, 0.4) is 0 Å². The van der Waals surface area contributed by atoms with Crippen molar-refractivity contribution in [3.05, 3.63) is 0 Å². The van der Waals surface area contributed by atoms with Crippen molar-refractivity contribution in [3.8, 4) is 0 Å². The molecule has 2 N–H and O–H groups in total. The van der Waals surface area contributed by atoms with E-state index in [1.54, 1.807) is 23.1 Å². The molecule has 5 nitrogen and oxygen atoms in total. The Morgan fingerprint density at radius 3 is 2.90 bits per heavy atom. The number of thioether (sulfide) groups is 1. The molecular formula is C14H26N4OS2. The number of rotatable bonds is 8. The summed E-state index contributed by atoms with van der Waals surface area (Å²) in [5.74, 6) is 1.53. The lowest BCUT2D eigenvalue weighted by Crippen LogP contribution is -2.39. The van der Waals surface area contributed by atoms with Gasteiger partial charge >= 0.3 is 0 Å². The van der Waals surface area contributed by atoms with Crippen LogP contribution in [0.2, 0.25) is 0 Å². The molecule has 1 fully saturated rings. The van der Waals surface area contributed by atoms with Gasteiger partial charge in [-0.3, -0.25) is 0 Å². The first-order valence-corrected chi connectivity index (χ1v) is 9.58. The summed E-state index contributed by atoms with van der Waals surface area (Å²) in [7, 11) is 0. The van der Waals surface area contributed by atoms with Gasteiger partial charge in [-0.15, -0.1) is 10.2 Å². The monoisotopic (exact) mass is 330 g/mol. The molecule has 0 amide bonds. The van der Waals surface area contributed by atoms with Crippen molar-refractivity contribution in [1.29, 1.82) is 0 Å². The van der Waals surface area contributed by atoms with Crippen molar-refractivity contribution in [2.45, 2.75) is 43.6 Å². The number of nitrogens with one attached hydrogen (secondary N) is 1. The van der Waals surface area contributed by atoms with Gasteiger partial charge < -0.3 is 15.3 Å². The van der Waals surface area contributed by atoms with Gasteiger partial charge in [0, 0.05) is 18.8 Å². The van der Waals surface area contributed by atoms with Gasteiger partial charge in [0.25, 0.3) is 0 Å². The maximum atomic E-state index is 10.2. The van der Waals surface area contributed by atoms with Crippen LogP contribution in [-0.2, 0) is 0 Å². The number of hydrogen-bond donors (Lipinski definition) is 2. The second-order valence-corrected chi connectivity index (χ2v) is 7.99. The molecule has 120 valence electrons. The molecule has 0 spiro atoms. The second kappa shape index (κ2) is 8.92. The molecule has 1 aromatic rings. The topological polar surface area (TPSA) is 61.3 Å². The van der Waals surface area contributed by atoms with Crippen LogP contribution < -0.4 is 5.32 Å². The van der Waals surface area contributed by atoms with Gasteiger partial charge in [-0.1, -0.05) is 36.9 Å². The summed E-state index contributed by atoms with van der Waals surface area (Å²) in [5, 5.41) is 22.5. The second-order valence-electron chi connectivity index (χ2n) is 5.75. The molecule has 1 aromatic heterocycles. The van der Waals surface area contributed by atoms with Crippen LogP contribution in [0, 0.1) is 5.92 Å².